The van der Waals surface area contributed by atoms with Crippen LogP contribution in [0.25, 0.3) is 0 Å². The molecule has 27 heavy (non-hydrogen) atoms. The van der Waals surface area contributed by atoms with Crippen LogP contribution in [0.15, 0.2) is 25.7 Å². The SMILES string of the molecule is CC1c2c(n(CC3CCC3)c(=O)n(C3CC3)c2=O)SC1Cn1nc[nH]c1=O. The molecule has 2 aromatic heterocycles. The molecule has 8 nitrogen and oxygen atoms in total. The molecular weight excluding hydrogens is 366 g/mol. The molecule has 0 amide bonds. The number of aromatic nitrogens is 5. The van der Waals surface area contributed by atoms with Crippen LogP contribution in [0.5, 0.6) is 0 Å². The Morgan fingerprint density at radius 2 is 1.96 bits per heavy atom. The molecule has 3 aliphatic rings. The van der Waals surface area contributed by atoms with E-state index in [0.717, 1.165) is 36.3 Å². The molecule has 2 fully saturated rings. The van der Waals surface area contributed by atoms with E-state index in [0.29, 0.717) is 19.0 Å². The average Bonchev–Trinajstić information content (AvgIpc) is 3.26. The van der Waals surface area contributed by atoms with Crippen molar-refractivity contribution in [1.82, 2.24) is 23.9 Å². The van der Waals surface area contributed by atoms with Gasteiger partial charge in [-0.25, -0.2) is 14.3 Å². The molecule has 5 rings (SSSR count). The summed E-state index contributed by atoms with van der Waals surface area (Å²) in [5, 5.41) is 4.87. The van der Waals surface area contributed by atoms with E-state index in [1.165, 1.54) is 22.0 Å². The van der Waals surface area contributed by atoms with Crippen LogP contribution >= 0.6 is 11.8 Å². The number of nitrogens with one attached hydrogen (secondary N) is 1. The van der Waals surface area contributed by atoms with Gasteiger partial charge in [-0.05, 0) is 31.6 Å². The van der Waals surface area contributed by atoms with Crippen LogP contribution in [0.1, 0.15) is 56.6 Å². The first-order chi connectivity index (χ1) is 13.0. The highest BCUT2D eigenvalue weighted by Crippen LogP contribution is 2.45. The molecular formula is C18H23N5O3S. The molecule has 3 heterocycles. The topological polar surface area (TPSA) is 94.7 Å². The van der Waals surface area contributed by atoms with Gasteiger partial charge >= 0.3 is 11.4 Å². The third-order valence-electron chi connectivity index (χ3n) is 6.19. The lowest BCUT2D eigenvalue weighted by atomic mass is 9.85. The van der Waals surface area contributed by atoms with Gasteiger partial charge in [0.25, 0.3) is 5.56 Å². The summed E-state index contributed by atoms with van der Waals surface area (Å²) >= 11 is 1.56. The highest BCUT2D eigenvalue weighted by atomic mass is 32.2. The van der Waals surface area contributed by atoms with Crippen LogP contribution in [0.3, 0.4) is 0 Å². The van der Waals surface area contributed by atoms with E-state index in [9.17, 15) is 14.4 Å². The summed E-state index contributed by atoms with van der Waals surface area (Å²) in [7, 11) is 0. The summed E-state index contributed by atoms with van der Waals surface area (Å²) in [4.78, 5) is 40.7. The number of thioether (sulfide) groups is 1. The highest BCUT2D eigenvalue weighted by Gasteiger charge is 2.40. The molecule has 2 atom stereocenters. The summed E-state index contributed by atoms with van der Waals surface area (Å²) in [6, 6.07) is 0.0631. The highest BCUT2D eigenvalue weighted by molar-refractivity contribution is 8.00. The standard InChI is InChI=1S/C18H23N5O3S/c1-10-13(8-22-17(25)19-9-20-22)27-16-14(10)15(24)23(12-5-6-12)18(26)21(16)7-11-3-2-4-11/h9-13H,2-8H2,1H3,(H,19,20,25). The predicted octanol–water partition coefficient (Wildman–Crippen LogP) is 1.31. The zero-order valence-electron chi connectivity index (χ0n) is 15.3. The van der Waals surface area contributed by atoms with Gasteiger partial charge in [0.2, 0.25) is 0 Å². The molecule has 2 aliphatic carbocycles. The minimum Gasteiger partial charge on any atom is -0.295 e. The van der Waals surface area contributed by atoms with E-state index in [4.69, 9.17) is 0 Å². The third-order valence-corrected chi connectivity index (χ3v) is 7.71. The summed E-state index contributed by atoms with van der Waals surface area (Å²) in [6.07, 6.45) is 6.71. The van der Waals surface area contributed by atoms with E-state index >= 15 is 0 Å². The van der Waals surface area contributed by atoms with Gasteiger partial charge in [0, 0.05) is 23.8 Å². The van der Waals surface area contributed by atoms with Gasteiger partial charge < -0.3 is 0 Å². The molecule has 0 radical (unpaired) electrons. The van der Waals surface area contributed by atoms with Gasteiger partial charge in [-0.3, -0.25) is 18.9 Å². The van der Waals surface area contributed by atoms with Gasteiger partial charge in [0.1, 0.15) is 6.33 Å². The van der Waals surface area contributed by atoms with Crippen molar-refractivity contribution in [1.29, 1.82) is 0 Å². The molecule has 2 aromatic rings. The first-order valence-electron chi connectivity index (χ1n) is 9.71. The largest absolute Gasteiger partial charge is 0.343 e. The van der Waals surface area contributed by atoms with Crippen LogP contribution < -0.4 is 16.9 Å². The third kappa shape index (κ3) is 2.74. The minimum atomic E-state index is -0.249. The predicted molar refractivity (Wildman–Crippen MR) is 101 cm³/mol. The number of rotatable bonds is 5. The van der Waals surface area contributed by atoms with Gasteiger partial charge in [-0.2, -0.15) is 5.10 Å². The Bertz CT molecular complexity index is 1060. The fraction of sp³-hybridized carbons (Fsp3) is 0.667. The van der Waals surface area contributed by atoms with Crippen LogP contribution in [-0.4, -0.2) is 29.1 Å². The number of H-pyrrole nitrogens is 1. The Balaban J connectivity index is 1.58. The fourth-order valence-electron chi connectivity index (χ4n) is 4.14. The normalized spacial score (nSPS) is 24.8. The molecule has 2 saturated carbocycles. The van der Waals surface area contributed by atoms with Crippen LogP contribution in [0, 0.1) is 5.92 Å². The van der Waals surface area contributed by atoms with E-state index in [1.54, 1.807) is 11.8 Å². The van der Waals surface area contributed by atoms with Crippen molar-refractivity contribution < 1.29 is 0 Å². The van der Waals surface area contributed by atoms with E-state index < -0.39 is 0 Å². The number of fused-ring (bicyclic) bond motifs is 1. The van der Waals surface area contributed by atoms with Gasteiger partial charge in [0.05, 0.1) is 17.1 Å². The van der Waals surface area contributed by atoms with Crippen molar-refractivity contribution in [2.75, 3.05) is 0 Å². The lowest BCUT2D eigenvalue weighted by molar-refractivity contribution is 0.261. The molecule has 0 bridgehead atoms. The summed E-state index contributed by atoms with van der Waals surface area (Å²) in [6.45, 7) is 3.14. The molecule has 144 valence electrons. The van der Waals surface area contributed by atoms with Crippen molar-refractivity contribution in [3.63, 3.8) is 0 Å². The molecule has 1 aliphatic heterocycles. The second-order valence-electron chi connectivity index (χ2n) is 8.04. The Morgan fingerprint density at radius 1 is 1.19 bits per heavy atom. The smallest absolute Gasteiger partial charge is 0.295 e. The number of nitrogens with zero attached hydrogens (tertiary/aromatic N) is 4. The monoisotopic (exact) mass is 389 g/mol. The zero-order valence-corrected chi connectivity index (χ0v) is 16.1. The van der Waals surface area contributed by atoms with E-state index in [2.05, 4.69) is 10.1 Å². The first-order valence-corrected chi connectivity index (χ1v) is 10.6. The van der Waals surface area contributed by atoms with Crippen molar-refractivity contribution >= 4 is 11.8 Å². The van der Waals surface area contributed by atoms with Crippen molar-refractivity contribution in [3.8, 4) is 0 Å². The lowest BCUT2D eigenvalue weighted by Crippen LogP contribution is -2.43. The zero-order chi connectivity index (χ0) is 18.7. The summed E-state index contributed by atoms with van der Waals surface area (Å²) in [5.74, 6) is 0.500. The minimum absolute atomic E-state index is 0.00999. The number of hydrogen-bond donors (Lipinski definition) is 1. The Kier molecular flexibility index (Phi) is 3.96. The summed E-state index contributed by atoms with van der Waals surface area (Å²) < 4.78 is 4.75. The molecule has 0 spiro atoms. The van der Waals surface area contributed by atoms with Crippen molar-refractivity contribution in [2.24, 2.45) is 5.92 Å². The average molecular weight is 389 g/mol. The lowest BCUT2D eigenvalue weighted by Gasteiger charge is -2.27. The second-order valence-corrected chi connectivity index (χ2v) is 9.26. The van der Waals surface area contributed by atoms with E-state index in [-0.39, 0.29) is 34.1 Å². The van der Waals surface area contributed by atoms with Crippen LogP contribution in [-0.2, 0) is 13.1 Å². The fourth-order valence-corrected chi connectivity index (χ4v) is 5.67. The molecule has 0 saturated heterocycles. The maximum absolute atomic E-state index is 13.2. The quantitative estimate of drug-likeness (QED) is 0.778. The van der Waals surface area contributed by atoms with Crippen LogP contribution in [0.4, 0.5) is 0 Å². The van der Waals surface area contributed by atoms with Gasteiger partial charge in [-0.1, -0.05) is 13.3 Å². The molecule has 9 heteroatoms. The van der Waals surface area contributed by atoms with Crippen molar-refractivity contribution in [3.05, 3.63) is 43.2 Å². The van der Waals surface area contributed by atoms with Crippen molar-refractivity contribution in [2.45, 2.75) is 74.4 Å². The van der Waals surface area contributed by atoms with Gasteiger partial charge in [-0.15, -0.1) is 11.8 Å². The number of hydrogen-bond acceptors (Lipinski definition) is 5. The maximum Gasteiger partial charge on any atom is 0.343 e. The molecule has 1 N–H and O–H groups in total. The maximum atomic E-state index is 13.2. The number of aromatic amines is 1. The molecule has 0 aromatic carbocycles. The Hall–Kier alpha value is -2.03. The first kappa shape index (κ1) is 17.1. The van der Waals surface area contributed by atoms with Crippen LogP contribution in [0.2, 0.25) is 0 Å². The van der Waals surface area contributed by atoms with E-state index in [1.807, 2.05) is 11.5 Å². The molecule has 2 unspecified atom stereocenters. The van der Waals surface area contributed by atoms with Gasteiger partial charge in [0.15, 0.2) is 0 Å². The second kappa shape index (κ2) is 6.25. The summed E-state index contributed by atoms with van der Waals surface area (Å²) in [5.41, 5.74) is 0.227. The Morgan fingerprint density at radius 3 is 2.56 bits per heavy atom. The Labute approximate surface area is 159 Å².